The first-order valence-electron chi connectivity index (χ1n) is 15.7. The van der Waals surface area contributed by atoms with Crippen LogP contribution in [0.15, 0.2) is 55.1 Å². The summed E-state index contributed by atoms with van der Waals surface area (Å²) in [5.41, 5.74) is 4.27. The SMILES string of the molecule is COc1cc2ncnc(Nc3ccc(Oc4ccc5c(c4)ncn5C)c(C)c3)c2c2c1NC1(CCN(C(=O)OC(C)(C)C)CC1)CO2. The van der Waals surface area contributed by atoms with Crippen molar-refractivity contribution in [1.82, 2.24) is 24.4 Å². The zero-order chi connectivity index (χ0) is 32.9. The van der Waals surface area contributed by atoms with Crippen molar-refractivity contribution in [2.75, 3.05) is 37.4 Å². The maximum atomic E-state index is 12.7. The maximum Gasteiger partial charge on any atom is 0.410 e. The molecule has 0 atom stereocenters. The molecule has 3 aromatic carbocycles. The minimum Gasteiger partial charge on any atom is -0.494 e. The molecule has 0 bridgehead atoms. The minimum absolute atomic E-state index is 0.290. The summed E-state index contributed by atoms with van der Waals surface area (Å²) in [6.45, 7) is 9.18. The van der Waals surface area contributed by atoms with E-state index in [9.17, 15) is 4.79 Å². The molecule has 5 aromatic rings. The number of carbonyl (C=O) groups is 1. The van der Waals surface area contributed by atoms with Crippen LogP contribution in [0.4, 0.5) is 22.0 Å². The lowest BCUT2D eigenvalue weighted by molar-refractivity contribution is 0.0149. The molecule has 7 rings (SSSR count). The molecule has 1 fully saturated rings. The van der Waals surface area contributed by atoms with Gasteiger partial charge in [0.25, 0.3) is 0 Å². The number of aromatic nitrogens is 4. The van der Waals surface area contributed by atoms with E-state index in [0.717, 1.165) is 44.9 Å². The third-order valence-corrected chi connectivity index (χ3v) is 8.68. The van der Waals surface area contributed by atoms with Crippen molar-refractivity contribution in [3.05, 3.63) is 60.7 Å². The number of hydrogen-bond acceptors (Lipinski definition) is 10. The molecule has 0 unspecified atom stereocenters. The predicted octanol–water partition coefficient (Wildman–Crippen LogP) is 6.94. The van der Waals surface area contributed by atoms with Crippen molar-refractivity contribution in [3.8, 4) is 23.0 Å². The Labute approximate surface area is 273 Å². The Balaban J connectivity index is 1.13. The second-order valence-electron chi connectivity index (χ2n) is 13.3. The smallest absolute Gasteiger partial charge is 0.410 e. The van der Waals surface area contributed by atoms with Crippen LogP contribution in [0.2, 0.25) is 0 Å². The predicted molar refractivity (Wildman–Crippen MR) is 180 cm³/mol. The van der Waals surface area contributed by atoms with E-state index in [4.69, 9.17) is 18.9 Å². The largest absolute Gasteiger partial charge is 0.494 e. The summed E-state index contributed by atoms with van der Waals surface area (Å²) in [6.07, 6.45) is 4.43. The lowest BCUT2D eigenvalue weighted by atomic mass is 9.86. The highest BCUT2D eigenvalue weighted by atomic mass is 16.6. The molecular formula is C35H39N7O5. The number of nitrogens with one attached hydrogen (secondary N) is 2. The molecule has 0 saturated carbocycles. The highest BCUT2D eigenvalue weighted by molar-refractivity contribution is 6.02. The molecule has 2 N–H and O–H groups in total. The molecule has 1 spiro atoms. The lowest BCUT2D eigenvalue weighted by Crippen LogP contribution is -2.55. The first-order chi connectivity index (χ1) is 22.5. The van der Waals surface area contributed by atoms with Crippen molar-refractivity contribution in [3.63, 3.8) is 0 Å². The van der Waals surface area contributed by atoms with Crippen LogP contribution in [0.5, 0.6) is 23.0 Å². The molecule has 12 heteroatoms. The van der Waals surface area contributed by atoms with Gasteiger partial charge in [-0.15, -0.1) is 0 Å². The number of carbonyl (C=O) groups excluding carboxylic acids is 1. The van der Waals surface area contributed by atoms with Crippen LogP contribution in [0, 0.1) is 6.92 Å². The summed E-state index contributed by atoms with van der Waals surface area (Å²) >= 11 is 0. The van der Waals surface area contributed by atoms with E-state index in [2.05, 4.69) is 25.6 Å². The molecule has 1 amide bonds. The molecule has 244 valence electrons. The number of rotatable bonds is 5. The first-order valence-corrected chi connectivity index (χ1v) is 15.7. The van der Waals surface area contributed by atoms with Crippen LogP contribution in [0.25, 0.3) is 21.9 Å². The number of aryl methyl sites for hydroxylation is 2. The van der Waals surface area contributed by atoms with Gasteiger partial charge in [-0.2, -0.15) is 0 Å². The number of amides is 1. The first kappa shape index (κ1) is 30.4. The number of nitrogens with zero attached hydrogens (tertiary/aromatic N) is 5. The van der Waals surface area contributed by atoms with Crippen molar-refractivity contribution in [2.24, 2.45) is 7.05 Å². The molecule has 4 heterocycles. The van der Waals surface area contributed by atoms with Crippen molar-refractivity contribution in [2.45, 2.75) is 51.7 Å². The van der Waals surface area contributed by atoms with Crippen LogP contribution in [0.1, 0.15) is 39.2 Å². The number of ether oxygens (including phenoxy) is 4. The van der Waals surface area contributed by atoms with Gasteiger partial charge >= 0.3 is 6.09 Å². The quantitative estimate of drug-likeness (QED) is 0.209. The molecule has 0 aliphatic carbocycles. The number of piperidine rings is 1. The number of likely N-dealkylation sites (tertiary alicyclic amines) is 1. The fourth-order valence-electron chi connectivity index (χ4n) is 6.19. The van der Waals surface area contributed by atoms with Crippen LogP contribution in [-0.4, -0.2) is 68.5 Å². The zero-order valence-corrected chi connectivity index (χ0v) is 27.5. The van der Waals surface area contributed by atoms with Gasteiger partial charge in [-0.05, 0) is 76.4 Å². The number of benzene rings is 3. The topological polar surface area (TPSA) is 125 Å². The molecule has 2 aliphatic heterocycles. The molecule has 2 aromatic heterocycles. The molecule has 2 aliphatic rings. The Morgan fingerprint density at radius 2 is 1.83 bits per heavy atom. The third kappa shape index (κ3) is 5.91. The van der Waals surface area contributed by atoms with Crippen molar-refractivity contribution < 1.29 is 23.7 Å². The van der Waals surface area contributed by atoms with E-state index in [1.807, 2.05) is 81.8 Å². The van der Waals surface area contributed by atoms with Gasteiger partial charge in [0.2, 0.25) is 0 Å². The molecule has 0 radical (unpaired) electrons. The van der Waals surface area contributed by atoms with Gasteiger partial charge in [0.05, 0.1) is 40.9 Å². The Kier molecular flexibility index (Phi) is 7.45. The van der Waals surface area contributed by atoms with E-state index >= 15 is 0 Å². The molecule has 1 saturated heterocycles. The number of anilines is 3. The number of imidazole rings is 1. The van der Waals surface area contributed by atoms with Gasteiger partial charge in [0.1, 0.15) is 47.3 Å². The zero-order valence-electron chi connectivity index (χ0n) is 27.5. The third-order valence-electron chi connectivity index (χ3n) is 8.68. The monoisotopic (exact) mass is 637 g/mol. The van der Waals surface area contributed by atoms with E-state index in [-0.39, 0.29) is 11.6 Å². The van der Waals surface area contributed by atoms with E-state index in [0.29, 0.717) is 55.4 Å². The van der Waals surface area contributed by atoms with E-state index in [1.54, 1.807) is 18.3 Å². The summed E-state index contributed by atoms with van der Waals surface area (Å²) in [7, 11) is 3.61. The van der Waals surface area contributed by atoms with Crippen molar-refractivity contribution >= 4 is 45.2 Å². The van der Waals surface area contributed by atoms with Crippen LogP contribution < -0.4 is 24.8 Å². The maximum absolute atomic E-state index is 12.7. The minimum atomic E-state index is -0.538. The van der Waals surface area contributed by atoms with E-state index in [1.165, 1.54) is 6.33 Å². The summed E-state index contributed by atoms with van der Waals surface area (Å²) in [4.78, 5) is 28.0. The summed E-state index contributed by atoms with van der Waals surface area (Å²) in [5.74, 6) is 3.34. The van der Waals surface area contributed by atoms with Gasteiger partial charge in [0, 0.05) is 38.0 Å². The fourth-order valence-corrected chi connectivity index (χ4v) is 6.19. The van der Waals surface area contributed by atoms with Crippen LogP contribution in [0.3, 0.4) is 0 Å². The molecular weight excluding hydrogens is 598 g/mol. The molecule has 12 nitrogen and oxygen atoms in total. The highest BCUT2D eigenvalue weighted by Crippen LogP contribution is 2.49. The van der Waals surface area contributed by atoms with E-state index < -0.39 is 5.60 Å². The van der Waals surface area contributed by atoms with Gasteiger partial charge in [-0.25, -0.2) is 19.7 Å². The highest BCUT2D eigenvalue weighted by Gasteiger charge is 2.42. The van der Waals surface area contributed by atoms with Crippen LogP contribution in [-0.2, 0) is 11.8 Å². The van der Waals surface area contributed by atoms with Gasteiger partial charge < -0.3 is 39.0 Å². The normalized spacial score (nSPS) is 15.6. The Bertz CT molecular complexity index is 1990. The molecule has 47 heavy (non-hydrogen) atoms. The fraction of sp³-hybridized carbons (Fsp3) is 0.371. The number of fused-ring (bicyclic) bond motifs is 4. The standard InChI is InChI=1S/C35H39N7O5/c1-21-15-22(7-10-27(21)46-23-8-9-26-24(16-23)38-20-41(26)5)39-32-29-25(36-19-37-32)17-28(44-6)30-31(29)45-18-35(40-30)11-13-42(14-12-35)33(43)47-34(2,3)4/h7-10,15-17,19-20,40H,11-14,18H2,1-6H3,(H,36,37,39). The van der Waals surface area contributed by atoms with Gasteiger partial charge in [-0.3, -0.25) is 0 Å². The second kappa shape index (κ2) is 11.5. The summed E-state index contributed by atoms with van der Waals surface area (Å²) < 4.78 is 26.1. The number of hydrogen-bond donors (Lipinski definition) is 2. The second-order valence-corrected chi connectivity index (χ2v) is 13.3. The van der Waals surface area contributed by atoms with Gasteiger partial charge in [-0.1, -0.05) is 0 Å². The Morgan fingerprint density at radius 1 is 1.02 bits per heavy atom. The van der Waals surface area contributed by atoms with Crippen molar-refractivity contribution in [1.29, 1.82) is 0 Å². The average Bonchev–Trinajstić information content (AvgIpc) is 3.41. The lowest BCUT2D eigenvalue weighted by Gasteiger charge is -2.45. The van der Waals surface area contributed by atoms with Crippen LogP contribution >= 0.6 is 0 Å². The van der Waals surface area contributed by atoms with Gasteiger partial charge in [0.15, 0.2) is 5.75 Å². The Morgan fingerprint density at radius 3 is 2.57 bits per heavy atom. The number of methoxy groups -OCH3 is 1. The summed E-state index contributed by atoms with van der Waals surface area (Å²) in [6, 6.07) is 13.7. The Hall–Kier alpha value is -5.26. The summed E-state index contributed by atoms with van der Waals surface area (Å²) in [5, 5.41) is 7.96. The average molecular weight is 638 g/mol.